The zero-order valence-corrected chi connectivity index (χ0v) is 11.7. The monoisotopic (exact) mass is 304 g/mol. The molecule has 9 nitrogen and oxygen atoms in total. The predicted molar refractivity (Wildman–Crippen MR) is 77.1 cm³/mol. The van der Waals surface area contributed by atoms with Crippen LogP contribution >= 0.6 is 0 Å². The molecule has 0 saturated carbocycles. The number of aryl methyl sites for hydroxylation is 1. The van der Waals surface area contributed by atoms with Crippen molar-refractivity contribution in [1.29, 1.82) is 0 Å². The fourth-order valence-corrected chi connectivity index (χ4v) is 1.87. The molecule has 114 valence electrons. The summed E-state index contributed by atoms with van der Waals surface area (Å²) in [6.07, 6.45) is 0. The maximum absolute atomic E-state index is 11.1. The molecule has 0 saturated heterocycles. The third-order valence-electron chi connectivity index (χ3n) is 2.87. The quantitative estimate of drug-likeness (QED) is 0.492. The van der Waals surface area contributed by atoms with Crippen LogP contribution in [0.1, 0.15) is 28.7 Å². The van der Waals surface area contributed by atoms with E-state index in [9.17, 15) is 14.9 Å². The number of aromatic carboxylic acids is 1. The molecule has 0 aliphatic carbocycles. The molecule has 1 aromatic heterocycles. The molecule has 1 aromatic carbocycles. The van der Waals surface area contributed by atoms with Crippen molar-refractivity contribution in [2.75, 3.05) is 5.43 Å². The maximum atomic E-state index is 11.1. The van der Waals surface area contributed by atoms with Crippen molar-refractivity contribution < 1.29 is 19.3 Å². The van der Waals surface area contributed by atoms with Gasteiger partial charge in [0.25, 0.3) is 5.69 Å². The molecular weight excluding hydrogens is 292 g/mol. The molecule has 22 heavy (non-hydrogen) atoms. The number of rotatable bonds is 5. The van der Waals surface area contributed by atoms with Crippen LogP contribution < -0.4 is 5.43 Å². The van der Waals surface area contributed by atoms with Gasteiger partial charge >= 0.3 is 5.97 Å². The topological polar surface area (TPSA) is 131 Å². The van der Waals surface area contributed by atoms with Crippen molar-refractivity contribution in [3.63, 3.8) is 0 Å². The zero-order valence-electron chi connectivity index (χ0n) is 11.7. The Morgan fingerprint density at radius 1 is 1.45 bits per heavy atom. The maximum Gasteiger partial charge on any atom is 0.358 e. The number of benzene rings is 1. The van der Waals surface area contributed by atoms with E-state index in [1.54, 1.807) is 19.9 Å². The Hall–Kier alpha value is -3.23. The van der Waals surface area contributed by atoms with Gasteiger partial charge in [-0.2, -0.15) is 5.10 Å². The molecule has 2 rings (SSSR count). The Kier molecular flexibility index (Phi) is 4.16. The highest BCUT2D eigenvalue weighted by atomic mass is 16.6. The molecule has 0 atom stereocenters. The third kappa shape index (κ3) is 2.92. The molecule has 0 unspecified atom stereocenters. The molecule has 2 N–H and O–H groups in total. The molecule has 0 fully saturated rings. The fraction of sp³-hybridized carbons (Fsp3) is 0.154. The van der Waals surface area contributed by atoms with Gasteiger partial charge in [0, 0.05) is 6.07 Å². The van der Waals surface area contributed by atoms with E-state index in [-0.39, 0.29) is 28.3 Å². The average Bonchev–Trinajstić information content (AvgIpc) is 2.87. The number of carbonyl (C=O) groups is 1. The summed E-state index contributed by atoms with van der Waals surface area (Å²) in [6.45, 7) is 3.10. The van der Waals surface area contributed by atoms with E-state index < -0.39 is 10.9 Å². The van der Waals surface area contributed by atoms with Crippen molar-refractivity contribution in [2.45, 2.75) is 13.8 Å². The number of hydrogen-bond donors (Lipinski definition) is 2. The summed E-state index contributed by atoms with van der Waals surface area (Å²) in [7, 11) is 0. The number of nitro groups is 1. The van der Waals surface area contributed by atoms with Crippen LogP contribution in [-0.2, 0) is 0 Å². The Bertz CT molecular complexity index is 766. The lowest BCUT2D eigenvalue weighted by atomic mass is 10.1. The second-order valence-corrected chi connectivity index (χ2v) is 4.35. The third-order valence-corrected chi connectivity index (χ3v) is 2.87. The fourth-order valence-electron chi connectivity index (χ4n) is 1.87. The summed E-state index contributed by atoms with van der Waals surface area (Å²) in [4.78, 5) is 21.4. The van der Waals surface area contributed by atoms with Gasteiger partial charge in [0.15, 0.2) is 0 Å². The lowest BCUT2D eigenvalue weighted by Crippen LogP contribution is -2.08. The molecule has 0 spiro atoms. The first kappa shape index (κ1) is 15.2. The molecule has 0 aliphatic rings. The molecule has 9 heteroatoms. The minimum absolute atomic E-state index is 0.139. The highest BCUT2D eigenvalue weighted by Gasteiger charge is 2.21. The second-order valence-electron chi connectivity index (χ2n) is 4.35. The van der Waals surface area contributed by atoms with E-state index in [1.165, 1.54) is 18.2 Å². The number of anilines is 1. The largest absolute Gasteiger partial charge is 0.476 e. The summed E-state index contributed by atoms with van der Waals surface area (Å²) >= 11 is 0. The first-order valence-electron chi connectivity index (χ1n) is 6.15. The standard InChI is InChI=1S/C13H12N4O5/c1-7(11-8(2)22-16-12(11)13(18)19)14-15-9-5-3-4-6-10(9)17(20)21/h3-6,15H,1-2H3,(H,18,19)/b14-7+. The number of nitrogens with zero attached hydrogens (tertiary/aromatic N) is 3. The number of para-hydroxylation sites is 2. The Balaban J connectivity index is 2.34. The van der Waals surface area contributed by atoms with E-state index in [4.69, 9.17) is 9.63 Å². The molecule has 1 heterocycles. The first-order valence-corrected chi connectivity index (χ1v) is 6.15. The number of nitrogens with one attached hydrogen (secondary N) is 1. The van der Waals surface area contributed by atoms with E-state index in [1.807, 2.05) is 0 Å². The van der Waals surface area contributed by atoms with Crippen LogP contribution in [0.5, 0.6) is 0 Å². The summed E-state index contributed by atoms with van der Waals surface area (Å²) in [5.41, 5.74) is 2.87. The summed E-state index contributed by atoms with van der Waals surface area (Å²) in [5.74, 6) is -0.949. The average molecular weight is 304 g/mol. The van der Waals surface area contributed by atoms with E-state index in [2.05, 4.69) is 15.7 Å². The highest BCUT2D eigenvalue weighted by Crippen LogP contribution is 2.23. The lowest BCUT2D eigenvalue weighted by Gasteiger charge is -2.04. The van der Waals surface area contributed by atoms with Gasteiger partial charge in [0.1, 0.15) is 11.4 Å². The zero-order chi connectivity index (χ0) is 16.3. The van der Waals surface area contributed by atoms with E-state index in [0.717, 1.165) is 0 Å². The van der Waals surface area contributed by atoms with Crippen LogP contribution in [-0.4, -0.2) is 26.9 Å². The van der Waals surface area contributed by atoms with Crippen molar-refractivity contribution in [3.05, 3.63) is 51.4 Å². The number of nitro benzene ring substituents is 1. The van der Waals surface area contributed by atoms with Crippen LogP contribution in [0.2, 0.25) is 0 Å². The van der Waals surface area contributed by atoms with Gasteiger partial charge in [0.05, 0.1) is 16.2 Å². The molecule has 0 bridgehead atoms. The van der Waals surface area contributed by atoms with Crippen molar-refractivity contribution in [3.8, 4) is 0 Å². The summed E-state index contributed by atoms with van der Waals surface area (Å²) in [5, 5.41) is 27.4. The van der Waals surface area contributed by atoms with Crippen LogP contribution in [0.15, 0.2) is 33.9 Å². The Morgan fingerprint density at radius 3 is 2.77 bits per heavy atom. The number of carboxylic acids is 1. The molecule has 0 amide bonds. The molecule has 2 aromatic rings. The van der Waals surface area contributed by atoms with Crippen LogP contribution in [0.3, 0.4) is 0 Å². The van der Waals surface area contributed by atoms with Crippen LogP contribution in [0.4, 0.5) is 11.4 Å². The van der Waals surface area contributed by atoms with Crippen molar-refractivity contribution in [1.82, 2.24) is 5.16 Å². The minimum atomic E-state index is -1.24. The van der Waals surface area contributed by atoms with E-state index in [0.29, 0.717) is 5.76 Å². The lowest BCUT2D eigenvalue weighted by molar-refractivity contribution is -0.384. The molecular formula is C13H12N4O5. The van der Waals surface area contributed by atoms with Crippen LogP contribution in [0, 0.1) is 17.0 Å². The summed E-state index contributed by atoms with van der Waals surface area (Å²) < 4.78 is 4.84. The van der Waals surface area contributed by atoms with Crippen LogP contribution in [0.25, 0.3) is 0 Å². The van der Waals surface area contributed by atoms with Gasteiger partial charge < -0.3 is 9.63 Å². The highest BCUT2D eigenvalue weighted by molar-refractivity contribution is 6.07. The molecule has 0 aliphatic heterocycles. The normalized spacial score (nSPS) is 11.3. The number of aromatic nitrogens is 1. The van der Waals surface area contributed by atoms with Gasteiger partial charge in [-0.25, -0.2) is 4.79 Å². The minimum Gasteiger partial charge on any atom is -0.476 e. The Morgan fingerprint density at radius 2 is 2.14 bits per heavy atom. The molecule has 0 radical (unpaired) electrons. The van der Waals surface area contributed by atoms with Crippen molar-refractivity contribution >= 4 is 23.1 Å². The predicted octanol–water partition coefficient (Wildman–Crippen LogP) is 2.43. The van der Waals surface area contributed by atoms with Crippen molar-refractivity contribution in [2.24, 2.45) is 5.10 Å². The van der Waals surface area contributed by atoms with Gasteiger partial charge in [0.2, 0.25) is 5.69 Å². The number of hydrogen-bond acceptors (Lipinski definition) is 7. The van der Waals surface area contributed by atoms with Gasteiger partial charge in [-0.05, 0) is 19.9 Å². The SMILES string of the molecule is C/C(=N\Nc1ccccc1[N+](=O)[O-])c1c(C(=O)O)noc1C. The van der Waals surface area contributed by atoms with Gasteiger partial charge in [-0.3, -0.25) is 15.5 Å². The van der Waals surface area contributed by atoms with Gasteiger partial charge in [-0.15, -0.1) is 0 Å². The number of hydrazone groups is 1. The Labute approximate surface area is 124 Å². The van der Waals surface area contributed by atoms with Gasteiger partial charge in [-0.1, -0.05) is 17.3 Å². The summed E-state index contributed by atoms with van der Waals surface area (Å²) in [6, 6.07) is 5.98. The first-order chi connectivity index (χ1) is 10.4. The number of carboxylic acid groups (broad SMARTS) is 1. The smallest absolute Gasteiger partial charge is 0.358 e. The van der Waals surface area contributed by atoms with E-state index >= 15 is 0 Å². The second kappa shape index (κ2) is 6.04.